The highest BCUT2D eigenvalue weighted by molar-refractivity contribution is 7.12. The molecule has 28 heavy (non-hydrogen) atoms. The average Bonchev–Trinajstić information content (AvgIpc) is 3.41. The molecule has 148 valence electrons. The van der Waals surface area contributed by atoms with E-state index in [1.165, 1.54) is 11.3 Å². The zero-order chi connectivity index (χ0) is 19.6. The first kappa shape index (κ1) is 19.6. The molecule has 2 aliphatic rings. The van der Waals surface area contributed by atoms with Gasteiger partial charge in [0.2, 0.25) is 5.91 Å². The van der Waals surface area contributed by atoms with E-state index in [0.29, 0.717) is 24.7 Å². The molecule has 1 aliphatic heterocycles. The van der Waals surface area contributed by atoms with Crippen molar-refractivity contribution in [3.05, 3.63) is 57.2 Å². The highest BCUT2D eigenvalue weighted by Crippen LogP contribution is 2.43. The molecule has 1 saturated carbocycles. The Balaban J connectivity index is 1.41. The lowest BCUT2D eigenvalue weighted by Crippen LogP contribution is -2.54. The van der Waals surface area contributed by atoms with Crippen LogP contribution in [0.1, 0.15) is 40.9 Å². The van der Waals surface area contributed by atoms with Crippen LogP contribution in [0.2, 0.25) is 5.02 Å². The van der Waals surface area contributed by atoms with E-state index < -0.39 is 5.41 Å². The second kappa shape index (κ2) is 8.36. The molecule has 0 unspecified atom stereocenters. The van der Waals surface area contributed by atoms with E-state index in [9.17, 15) is 9.59 Å². The number of carbonyl (C=O) groups is 2. The third-order valence-corrected chi connectivity index (χ3v) is 7.25. The van der Waals surface area contributed by atoms with Crippen LogP contribution in [0.3, 0.4) is 0 Å². The van der Waals surface area contributed by atoms with Crippen molar-refractivity contribution < 1.29 is 9.59 Å². The molecule has 1 aromatic heterocycles. The predicted octanol–water partition coefficient (Wildman–Crippen LogP) is 4.24. The largest absolute Gasteiger partial charge is 0.339 e. The summed E-state index contributed by atoms with van der Waals surface area (Å²) in [6.07, 6.45) is 3.99. The summed E-state index contributed by atoms with van der Waals surface area (Å²) in [7, 11) is 0. The Bertz CT molecular complexity index is 821. The maximum Gasteiger partial charge on any atom is 0.233 e. The molecule has 0 atom stereocenters. The van der Waals surface area contributed by atoms with Gasteiger partial charge < -0.3 is 4.90 Å². The fourth-order valence-corrected chi connectivity index (χ4v) is 5.29. The lowest BCUT2D eigenvalue weighted by molar-refractivity contribution is -0.139. The van der Waals surface area contributed by atoms with Gasteiger partial charge >= 0.3 is 0 Å². The molecular weight excluding hydrogens is 392 g/mol. The molecule has 2 aromatic rings. The number of hydrogen-bond donors (Lipinski definition) is 0. The van der Waals surface area contributed by atoms with Crippen LogP contribution in [0.5, 0.6) is 0 Å². The first-order chi connectivity index (χ1) is 13.6. The smallest absolute Gasteiger partial charge is 0.233 e. The summed E-state index contributed by atoms with van der Waals surface area (Å²) in [4.78, 5) is 30.9. The number of piperazine rings is 1. The van der Waals surface area contributed by atoms with Crippen molar-refractivity contribution in [3.8, 4) is 0 Å². The molecule has 1 amide bonds. The predicted molar refractivity (Wildman–Crippen MR) is 113 cm³/mol. The Morgan fingerprint density at radius 2 is 1.68 bits per heavy atom. The minimum Gasteiger partial charge on any atom is -0.339 e. The number of thiophene rings is 1. The lowest BCUT2D eigenvalue weighted by Gasteiger charge is -2.40. The van der Waals surface area contributed by atoms with Crippen LogP contribution in [0.4, 0.5) is 0 Å². The van der Waals surface area contributed by atoms with E-state index in [0.717, 1.165) is 49.2 Å². The first-order valence-corrected chi connectivity index (χ1v) is 11.2. The molecule has 0 radical (unpaired) electrons. The zero-order valence-electron chi connectivity index (χ0n) is 15.9. The number of Topliss-reactive ketones (excluding diaryl/α,β-unsaturated/α-hetero) is 1. The number of rotatable bonds is 5. The van der Waals surface area contributed by atoms with Crippen LogP contribution in [0, 0.1) is 0 Å². The number of halogens is 1. The van der Waals surface area contributed by atoms with Crippen LogP contribution in [-0.4, -0.2) is 54.2 Å². The molecule has 2 fully saturated rings. The number of hydrogen-bond acceptors (Lipinski definition) is 4. The van der Waals surface area contributed by atoms with Crippen LogP contribution < -0.4 is 0 Å². The molecule has 2 heterocycles. The molecule has 0 N–H and O–H groups in total. The minimum atomic E-state index is -0.403. The first-order valence-electron chi connectivity index (χ1n) is 9.93. The second-order valence-corrected chi connectivity index (χ2v) is 9.15. The van der Waals surface area contributed by atoms with Gasteiger partial charge in [-0.3, -0.25) is 14.5 Å². The summed E-state index contributed by atoms with van der Waals surface area (Å²) in [5, 5.41) is 2.63. The lowest BCUT2D eigenvalue weighted by atomic mass is 9.77. The van der Waals surface area contributed by atoms with Crippen LogP contribution >= 0.6 is 22.9 Å². The fraction of sp³-hybridized carbons (Fsp3) is 0.455. The van der Waals surface area contributed by atoms with Gasteiger partial charge in [-0.05, 0) is 42.0 Å². The quantitative estimate of drug-likeness (QED) is 0.684. The van der Waals surface area contributed by atoms with Crippen molar-refractivity contribution in [2.24, 2.45) is 0 Å². The van der Waals surface area contributed by atoms with Crippen molar-refractivity contribution in [1.29, 1.82) is 0 Å². The van der Waals surface area contributed by atoms with Crippen molar-refractivity contribution in [2.45, 2.75) is 31.1 Å². The highest BCUT2D eigenvalue weighted by atomic mass is 35.5. The molecule has 1 aliphatic carbocycles. The number of nitrogens with zero attached hydrogens (tertiary/aromatic N) is 2. The molecule has 1 saturated heterocycles. The maximum absolute atomic E-state index is 13.5. The van der Waals surface area contributed by atoms with Crippen molar-refractivity contribution in [2.75, 3.05) is 32.7 Å². The highest BCUT2D eigenvalue weighted by Gasteiger charge is 2.45. The summed E-state index contributed by atoms with van der Waals surface area (Å²) in [5.41, 5.74) is 0.689. The van der Waals surface area contributed by atoms with Gasteiger partial charge in [0.05, 0.1) is 16.8 Å². The second-order valence-electron chi connectivity index (χ2n) is 7.76. The normalized spacial score (nSPS) is 19.7. The SMILES string of the molecule is O=C(CN1CCN(C(=O)C2(c3ccc(Cl)cc3)CCCC2)CC1)c1cccs1. The van der Waals surface area contributed by atoms with Gasteiger partial charge in [0, 0.05) is 31.2 Å². The average molecular weight is 417 g/mol. The minimum absolute atomic E-state index is 0.170. The Morgan fingerprint density at radius 1 is 1.00 bits per heavy atom. The maximum atomic E-state index is 13.5. The summed E-state index contributed by atoms with van der Waals surface area (Å²) in [6.45, 7) is 3.31. The van der Waals surface area contributed by atoms with E-state index in [1.807, 2.05) is 46.7 Å². The molecule has 6 heteroatoms. The third-order valence-electron chi connectivity index (χ3n) is 6.09. The van der Waals surface area contributed by atoms with Crippen molar-refractivity contribution in [1.82, 2.24) is 9.80 Å². The molecule has 4 rings (SSSR count). The van der Waals surface area contributed by atoms with Gasteiger partial charge in [-0.2, -0.15) is 0 Å². The van der Waals surface area contributed by atoms with E-state index in [2.05, 4.69) is 4.90 Å². The van der Waals surface area contributed by atoms with Crippen molar-refractivity contribution >= 4 is 34.6 Å². The zero-order valence-corrected chi connectivity index (χ0v) is 17.5. The van der Waals surface area contributed by atoms with Crippen LogP contribution in [0.15, 0.2) is 41.8 Å². The van der Waals surface area contributed by atoms with E-state index in [4.69, 9.17) is 11.6 Å². The van der Waals surface area contributed by atoms with E-state index >= 15 is 0 Å². The van der Waals surface area contributed by atoms with Crippen LogP contribution in [0.25, 0.3) is 0 Å². The molecule has 1 aromatic carbocycles. The molecule has 0 spiro atoms. The van der Waals surface area contributed by atoms with Gasteiger partial charge in [-0.25, -0.2) is 0 Å². The van der Waals surface area contributed by atoms with Gasteiger partial charge in [0.25, 0.3) is 0 Å². The molecule has 0 bridgehead atoms. The fourth-order valence-electron chi connectivity index (χ4n) is 4.50. The monoisotopic (exact) mass is 416 g/mol. The van der Waals surface area contributed by atoms with Gasteiger partial charge in [0.1, 0.15) is 0 Å². The number of amides is 1. The number of benzene rings is 1. The summed E-state index contributed by atoms with van der Waals surface area (Å²) < 4.78 is 0. The topological polar surface area (TPSA) is 40.6 Å². The van der Waals surface area contributed by atoms with Crippen LogP contribution in [-0.2, 0) is 10.2 Å². The summed E-state index contributed by atoms with van der Waals surface area (Å²) in [6, 6.07) is 11.6. The van der Waals surface area contributed by atoms with Crippen molar-refractivity contribution in [3.63, 3.8) is 0 Å². The van der Waals surface area contributed by atoms with Gasteiger partial charge in [0.15, 0.2) is 5.78 Å². The Morgan fingerprint density at radius 3 is 2.29 bits per heavy atom. The molecular formula is C22H25ClN2O2S. The van der Waals surface area contributed by atoms with E-state index in [1.54, 1.807) is 0 Å². The Labute approximate surface area is 175 Å². The summed E-state index contributed by atoms with van der Waals surface area (Å²) in [5.74, 6) is 0.416. The third kappa shape index (κ3) is 3.88. The standard InChI is InChI=1S/C22H25ClN2O2S/c23-18-7-5-17(6-8-18)22(9-1-2-10-22)21(27)25-13-11-24(12-14-25)16-19(26)20-4-3-15-28-20/h3-8,15H,1-2,9-14,16H2. The van der Waals surface area contributed by atoms with Gasteiger partial charge in [-0.15, -0.1) is 11.3 Å². The Hall–Kier alpha value is -1.69. The van der Waals surface area contributed by atoms with Gasteiger partial charge in [-0.1, -0.05) is 42.6 Å². The summed E-state index contributed by atoms with van der Waals surface area (Å²) >= 11 is 7.55. The van der Waals surface area contributed by atoms with E-state index in [-0.39, 0.29) is 11.7 Å². The number of carbonyl (C=O) groups excluding carboxylic acids is 2. The number of ketones is 1. The Kier molecular flexibility index (Phi) is 5.85. The molecule has 4 nitrogen and oxygen atoms in total.